The quantitative estimate of drug-likeness (QED) is 0.782. The average Bonchev–Trinajstić information content (AvgIpc) is 2.52. The molecule has 3 rings (SSSR count). The van der Waals surface area contributed by atoms with Crippen LogP contribution in [0.1, 0.15) is 12.8 Å². The third-order valence-corrected chi connectivity index (χ3v) is 6.72. The van der Waals surface area contributed by atoms with Crippen molar-refractivity contribution in [2.75, 3.05) is 0 Å². The Balaban J connectivity index is 2.26. The molecule has 2 aliphatic rings. The SMILES string of the molecule is O=C1C=CC(=O)C2(S(=O)(=O)c3ccccc3)CC=CCC12. The number of sulfone groups is 1. The Morgan fingerprint density at radius 1 is 1.00 bits per heavy atom. The monoisotopic (exact) mass is 302 g/mol. The summed E-state index contributed by atoms with van der Waals surface area (Å²) in [7, 11) is -3.94. The molecule has 4 nitrogen and oxygen atoms in total. The molecule has 5 heteroatoms. The molecule has 2 aliphatic carbocycles. The van der Waals surface area contributed by atoms with E-state index in [1.54, 1.807) is 30.4 Å². The molecule has 0 amide bonds. The second-order valence-corrected chi connectivity index (χ2v) is 7.48. The zero-order valence-electron chi connectivity index (χ0n) is 11.2. The smallest absolute Gasteiger partial charge is 0.192 e. The number of hydrogen-bond donors (Lipinski definition) is 0. The summed E-state index contributed by atoms with van der Waals surface area (Å²) in [6.45, 7) is 0. The van der Waals surface area contributed by atoms with Crippen LogP contribution in [0.5, 0.6) is 0 Å². The summed E-state index contributed by atoms with van der Waals surface area (Å²) < 4.78 is 24.4. The van der Waals surface area contributed by atoms with Crippen molar-refractivity contribution in [1.29, 1.82) is 0 Å². The standard InChI is InChI=1S/C16H14O4S/c17-14-9-10-15(18)16(11-5-4-8-13(14)16)21(19,20)12-6-2-1-3-7-12/h1-7,9-10,13H,8,11H2. The van der Waals surface area contributed by atoms with E-state index in [9.17, 15) is 18.0 Å². The summed E-state index contributed by atoms with van der Waals surface area (Å²) in [6, 6.07) is 7.87. The predicted molar refractivity (Wildman–Crippen MR) is 77.4 cm³/mol. The van der Waals surface area contributed by atoms with Crippen LogP contribution in [0.2, 0.25) is 0 Å². The third kappa shape index (κ3) is 1.84. The van der Waals surface area contributed by atoms with Gasteiger partial charge in [0.15, 0.2) is 26.2 Å². The van der Waals surface area contributed by atoms with E-state index < -0.39 is 26.3 Å². The van der Waals surface area contributed by atoms with Gasteiger partial charge < -0.3 is 0 Å². The molecule has 0 heterocycles. The number of carbonyl (C=O) groups excluding carboxylic acids is 2. The van der Waals surface area contributed by atoms with Crippen LogP contribution in [-0.2, 0) is 19.4 Å². The zero-order chi connectivity index (χ0) is 15.1. The molecule has 108 valence electrons. The van der Waals surface area contributed by atoms with E-state index in [0.29, 0.717) is 0 Å². The first-order valence-electron chi connectivity index (χ1n) is 6.71. The molecule has 2 unspecified atom stereocenters. The molecule has 0 fully saturated rings. The van der Waals surface area contributed by atoms with E-state index in [1.807, 2.05) is 0 Å². The molecule has 0 saturated heterocycles. The Hall–Kier alpha value is -2.01. The summed E-state index contributed by atoms with van der Waals surface area (Å²) in [5.41, 5.74) is 0. The predicted octanol–water partition coefficient (Wildman–Crippen LogP) is 1.87. The molecule has 0 spiro atoms. The molecule has 1 aromatic rings. The molecule has 0 radical (unpaired) electrons. The van der Waals surface area contributed by atoms with E-state index in [4.69, 9.17) is 0 Å². The molecule has 21 heavy (non-hydrogen) atoms. The van der Waals surface area contributed by atoms with E-state index >= 15 is 0 Å². The number of ketones is 2. The fraction of sp³-hybridized carbons (Fsp3) is 0.250. The van der Waals surface area contributed by atoms with Crippen molar-refractivity contribution >= 4 is 21.4 Å². The zero-order valence-corrected chi connectivity index (χ0v) is 12.0. The van der Waals surface area contributed by atoms with Crippen molar-refractivity contribution in [3.8, 4) is 0 Å². The van der Waals surface area contributed by atoms with Gasteiger partial charge in [0, 0.05) is 0 Å². The van der Waals surface area contributed by atoms with Crippen LogP contribution in [0.4, 0.5) is 0 Å². The second-order valence-electron chi connectivity index (χ2n) is 5.27. The topological polar surface area (TPSA) is 68.3 Å². The molecule has 0 saturated carbocycles. The normalized spacial score (nSPS) is 28.5. The summed E-state index contributed by atoms with van der Waals surface area (Å²) in [5, 5.41) is 0. The lowest BCUT2D eigenvalue weighted by molar-refractivity contribution is -0.127. The molecular formula is C16H14O4S. The lowest BCUT2D eigenvalue weighted by atomic mass is 9.74. The summed E-state index contributed by atoms with van der Waals surface area (Å²) in [6.07, 6.45) is 6.09. The maximum Gasteiger partial charge on any atom is 0.192 e. The van der Waals surface area contributed by atoms with Gasteiger partial charge in [-0.25, -0.2) is 8.42 Å². The van der Waals surface area contributed by atoms with Gasteiger partial charge in [-0.15, -0.1) is 0 Å². The summed E-state index contributed by atoms with van der Waals surface area (Å²) >= 11 is 0. The first-order valence-corrected chi connectivity index (χ1v) is 8.19. The number of allylic oxidation sites excluding steroid dienone is 4. The molecular weight excluding hydrogens is 288 g/mol. The molecule has 2 atom stereocenters. The Labute approximate surface area is 123 Å². The van der Waals surface area contributed by atoms with Gasteiger partial charge in [-0.1, -0.05) is 30.4 Å². The van der Waals surface area contributed by atoms with E-state index in [-0.39, 0.29) is 23.5 Å². The molecule has 0 bridgehead atoms. The van der Waals surface area contributed by atoms with Gasteiger partial charge in [-0.3, -0.25) is 9.59 Å². The Kier molecular flexibility index (Phi) is 3.17. The van der Waals surface area contributed by atoms with E-state index in [2.05, 4.69) is 0 Å². The fourth-order valence-electron chi connectivity index (χ4n) is 3.10. The molecule has 0 aliphatic heterocycles. The minimum atomic E-state index is -3.94. The van der Waals surface area contributed by atoms with Crippen LogP contribution in [0, 0.1) is 5.92 Å². The average molecular weight is 302 g/mol. The fourth-order valence-corrected chi connectivity index (χ4v) is 5.27. The maximum atomic E-state index is 13.1. The van der Waals surface area contributed by atoms with Gasteiger partial charge >= 0.3 is 0 Å². The van der Waals surface area contributed by atoms with Crippen molar-refractivity contribution in [2.24, 2.45) is 5.92 Å². The highest BCUT2D eigenvalue weighted by atomic mass is 32.2. The summed E-state index contributed by atoms with van der Waals surface area (Å²) in [4.78, 5) is 24.7. The van der Waals surface area contributed by atoms with Gasteiger partial charge in [0.1, 0.15) is 0 Å². The van der Waals surface area contributed by atoms with Crippen molar-refractivity contribution in [3.05, 3.63) is 54.6 Å². The highest BCUT2D eigenvalue weighted by molar-refractivity contribution is 7.93. The Morgan fingerprint density at radius 3 is 2.43 bits per heavy atom. The lowest BCUT2D eigenvalue weighted by Gasteiger charge is -2.39. The first-order chi connectivity index (χ1) is 10.00. The van der Waals surface area contributed by atoms with Crippen molar-refractivity contribution in [2.45, 2.75) is 22.5 Å². The van der Waals surface area contributed by atoms with E-state index in [0.717, 1.165) is 6.08 Å². The lowest BCUT2D eigenvalue weighted by Crippen LogP contribution is -2.56. The van der Waals surface area contributed by atoms with Crippen molar-refractivity contribution in [1.82, 2.24) is 0 Å². The van der Waals surface area contributed by atoms with Gasteiger partial charge in [0.2, 0.25) is 0 Å². The first kappa shape index (κ1) is 13.9. The maximum absolute atomic E-state index is 13.1. The molecule has 0 aromatic heterocycles. The number of rotatable bonds is 2. The van der Waals surface area contributed by atoms with Crippen LogP contribution in [-0.4, -0.2) is 24.7 Å². The third-order valence-electron chi connectivity index (χ3n) is 4.21. The number of carbonyl (C=O) groups is 2. The highest BCUT2D eigenvalue weighted by Gasteiger charge is 2.58. The van der Waals surface area contributed by atoms with Gasteiger partial charge in [0.25, 0.3) is 0 Å². The number of benzene rings is 1. The van der Waals surface area contributed by atoms with Crippen LogP contribution in [0.3, 0.4) is 0 Å². The highest BCUT2D eigenvalue weighted by Crippen LogP contribution is 2.44. The van der Waals surface area contributed by atoms with Gasteiger partial charge in [0.05, 0.1) is 10.8 Å². The molecule has 0 N–H and O–H groups in total. The van der Waals surface area contributed by atoms with Crippen LogP contribution in [0.15, 0.2) is 59.5 Å². The second kappa shape index (κ2) is 4.77. The minimum Gasteiger partial charge on any atom is -0.294 e. The Morgan fingerprint density at radius 2 is 1.71 bits per heavy atom. The van der Waals surface area contributed by atoms with Gasteiger partial charge in [-0.2, -0.15) is 0 Å². The largest absolute Gasteiger partial charge is 0.294 e. The minimum absolute atomic E-state index is 0.0454. The van der Waals surface area contributed by atoms with Crippen LogP contribution in [0.25, 0.3) is 0 Å². The van der Waals surface area contributed by atoms with E-state index in [1.165, 1.54) is 18.2 Å². The Bertz CT molecular complexity index is 759. The van der Waals surface area contributed by atoms with Crippen molar-refractivity contribution < 1.29 is 18.0 Å². The van der Waals surface area contributed by atoms with Crippen LogP contribution >= 0.6 is 0 Å². The van der Waals surface area contributed by atoms with Crippen LogP contribution < -0.4 is 0 Å². The summed E-state index contributed by atoms with van der Waals surface area (Å²) in [5.74, 6) is -1.62. The number of hydrogen-bond acceptors (Lipinski definition) is 4. The molecule has 1 aromatic carbocycles. The van der Waals surface area contributed by atoms with Gasteiger partial charge in [-0.05, 0) is 37.1 Å². The van der Waals surface area contributed by atoms with Crippen molar-refractivity contribution in [3.63, 3.8) is 0 Å². The number of fused-ring (bicyclic) bond motifs is 1.